The molecule has 0 amide bonds. The van der Waals surface area contributed by atoms with Gasteiger partial charge >= 0.3 is 0 Å². The third-order valence-corrected chi connectivity index (χ3v) is 2.36. The summed E-state index contributed by atoms with van der Waals surface area (Å²) in [4.78, 5) is 6.18. The van der Waals surface area contributed by atoms with Crippen LogP contribution in [0.5, 0.6) is 0 Å². The Morgan fingerprint density at radius 3 is 2.73 bits per heavy atom. The maximum absolute atomic E-state index is 8.64. The van der Waals surface area contributed by atoms with E-state index < -0.39 is 0 Å². The smallest absolute Gasteiger partial charge is 0.123 e. The van der Waals surface area contributed by atoms with Crippen molar-refractivity contribution in [2.75, 3.05) is 30.8 Å². The molecule has 0 fully saturated rings. The van der Waals surface area contributed by atoms with Gasteiger partial charge < -0.3 is 15.7 Å². The molecule has 0 aliphatic carbocycles. The van der Waals surface area contributed by atoms with Crippen molar-refractivity contribution in [3.05, 3.63) is 18.3 Å². The molecule has 15 heavy (non-hydrogen) atoms. The predicted octanol–water partition coefficient (Wildman–Crippen LogP) is 1.26. The quantitative estimate of drug-likeness (QED) is 0.692. The maximum atomic E-state index is 8.64. The van der Waals surface area contributed by atoms with Gasteiger partial charge in [-0.1, -0.05) is 0 Å². The molecule has 0 saturated heterocycles. The van der Waals surface area contributed by atoms with Gasteiger partial charge in [-0.2, -0.15) is 0 Å². The molecule has 3 N–H and O–H groups in total. The van der Waals surface area contributed by atoms with Gasteiger partial charge in [-0.25, -0.2) is 4.98 Å². The van der Waals surface area contributed by atoms with Gasteiger partial charge in [0.05, 0.1) is 11.9 Å². The summed E-state index contributed by atoms with van der Waals surface area (Å²) in [5, 5.41) is 8.64. The molecule has 1 aromatic heterocycles. The van der Waals surface area contributed by atoms with Crippen LogP contribution in [0.15, 0.2) is 18.3 Å². The van der Waals surface area contributed by atoms with E-state index in [9.17, 15) is 0 Å². The standard InChI is InChI=1S/C11H19N3O/c1-14(7-3-2-4-8-15)10-5-6-11(12)13-9-10/h5-6,9,15H,2-4,7-8H2,1H3,(H2,12,13). The number of anilines is 2. The van der Waals surface area contributed by atoms with E-state index in [1.165, 1.54) is 0 Å². The molecule has 0 spiro atoms. The summed E-state index contributed by atoms with van der Waals surface area (Å²) in [5.41, 5.74) is 6.59. The zero-order valence-electron chi connectivity index (χ0n) is 9.19. The molecule has 1 rings (SSSR count). The SMILES string of the molecule is CN(CCCCCO)c1ccc(N)nc1. The summed E-state index contributed by atoms with van der Waals surface area (Å²) in [6.07, 6.45) is 4.81. The van der Waals surface area contributed by atoms with Crippen molar-refractivity contribution in [3.63, 3.8) is 0 Å². The zero-order chi connectivity index (χ0) is 11.1. The molecule has 0 atom stereocenters. The van der Waals surface area contributed by atoms with Crippen LogP contribution in [0.25, 0.3) is 0 Å². The lowest BCUT2D eigenvalue weighted by Crippen LogP contribution is -2.18. The molecular formula is C11H19N3O. The highest BCUT2D eigenvalue weighted by Gasteiger charge is 2.00. The fourth-order valence-corrected chi connectivity index (χ4v) is 1.39. The van der Waals surface area contributed by atoms with Crippen molar-refractivity contribution in [2.24, 2.45) is 0 Å². The molecule has 0 aliphatic rings. The minimum Gasteiger partial charge on any atom is -0.396 e. The van der Waals surface area contributed by atoms with Crippen LogP contribution in [0.4, 0.5) is 11.5 Å². The average molecular weight is 209 g/mol. The summed E-state index contributed by atoms with van der Waals surface area (Å²) >= 11 is 0. The van der Waals surface area contributed by atoms with Crippen molar-refractivity contribution >= 4 is 11.5 Å². The molecular weight excluding hydrogens is 190 g/mol. The maximum Gasteiger partial charge on any atom is 0.123 e. The number of rotatable bonds is 6. The van der Waals surface area contributed by atoms with E-state index in [0.29, 0.717) is 5.82 Å². The first-order valence-electron chi connectivity index (χ1n) is 5.27. The molecule has 1 aromatic rings. The van der Waals surface area contributed by atoms with Crippen LogP contribution in [0.1, 0.15) is 19.3 Å². The summed E-state index contributed by atoms with van der Waals surface area (Å²) in [7, 11) is 2.03. The molecule has 0 aromatic carbocycles. The topological polar surface area (TPSA) is 62.4 Å². The van der Waals surface area contributed by atoms with Crippen LogP contribution in [0, 0.1) is 0 Å². The number of unbranched alkanes of at least 4 members (excludes halogenated alkanes) is 2. The van der Waals surface area contributed by atoms with Crippen molar-refractivity contribution in [2.45, 2.75) is 19.3 Å². The van der Waals surface area contributed by atoms with E-state index in [2.05, 4.69) is 9.88 Å². The lowest BCUT2D eigenvalue weighted by molar-refractivity contribution is 0.283. The van der Waals surface area contributed by atoms with Crippen molar-refractivity contribution in [1.29, 1.82) is 0 Å². The number of aromatic nitrogens is 1. The van der Waals surface area contributed by atoms with Gasteiger partial charge in [-0.05, 0) is 31.4 Å². The fraction of sp³-hybridized carbons (Fsp3) is 0.545. The monoisotopic (exact) mass is 209 g/mol. The number of pyridine rings is 1. The molecule has 4 nitrogen and oxygen atoms in total. The summed E-state index contributed by atoms with van der Waals surface area (Å²) < 4.78 is 0. The second-order valence-electron chi connectivity index (χ2n) is 3.65. The highest BCUT2D eigenvalue weighted by Crippen LogP contribution is 2.12. The van der Waals surface area contributed by atoms with Crippen molar-refractivity contribution in [1.82, 2.24) is 4.98 Å². The van der Waals surface area contributed by atoms with Crippen molar-refractivity contribution < 1.29 is 5.11 Å². The minimum absolute atomic E-state index is 0.285. The predicted molar refractivity (Wildman–Crippen MR) is 62.9 cm³/mol. The van der Waals surface area contributed by atoms with E-state index in [1.54, 1.807) is 12.3 Å². The summed E-state index contributed by atoms with van der Waals surface area (Å²) in [6, 6.07) is 3.77. The Hall–Kier alpha value is -1.29. The largest absolute Gasteiger partial charge is 0.396 e. The van der Waals surface area contributed by atoms with Gasteiger partial charge in [0.15, 0.2) is 0 Å². The van der Waals surface area contributed by atoms with Crippen LogP contribution < -0.4 is 10.6 Å². The number of hydrogen-bond acceptors (Lipinski definition) is 4. The van der Waals surface area contributed by atoms with Gasteiger partial charge in [0, 0.05) is 20.2 Å². The fourth-order valence-electron chi connectivity index (χ4n) is 1.39. The number of nitrogens with two attached hydrogens (primary N) is 1. The van der Waals surface area contributed by atoms with Crippen LogP contribution in [0.2, 0.25) is 0 Å². The Bertz CT molecular complexity index is 274. The first-order chi connectivity index (χ1) is 7.24. The summed E-state index contributed by atoms with van der Waals surface area (Å²) in [5.74, 6) is 0.549. The molecule has 0 unspecified atom stereocenters. The zero-order valence-corrected chi connectivity index (χ0v) is 9.19. The number of nitrogen functional groups attached to an aromatic ring is 1. The highest BCUT2D eigenvalue weighted by molar-refractivity contribution is 5.47. The molecule has 84 valence electrons. The van der Waals surface area contributed by atoms with E-state index in [1.807, 2.05) is 13.1 Å². The highest BCUT2D eigenvalue weighted by atomic mass is 16.2. The number of nitrogens with zero attached hydrogens (tertiary/aromatic N) is 2. The Balaban J connectivity index is 2.33. The average Bonchev–Trinajstić information content (AvgIpc) is 2.25. The van der Waals surface area contributed by atoms with E-state index >= 15 is 0 Å². The molecule has 0 aliphatic heterocycles. The molecule has 0 bridgehead atoms. The number of aliphatic hydroxyl groups excluding tert-OH is 1. The molecule has 0 radical (unpaired) electrons. The number of aliphatic hydroxyl groups is 1. The summed E-state index contributed by atoms with van der Waals surface area (Å²) in [6.45, 7) is 1.26. The first kappa shape index (κ1) is 11.8. The van der Waals surface area contributed by atoms with Crippen molar-refractivity contribution in [3.8, 4) is 0 Å². The Morgan fingerprint density at radius 2 is 2.13 bits per heavy atom. The Kier molecular flexibility index (Phi) is 4.90. The van der Waals surface area contributed by atoms with E-state index in [4.69, 9.17) is 10.8 Å². The molecule has 0 saturated carbocycles. The minimum atomic E-state index is 0.285. The molecule has 1 heterocycles. The first-order valence-corrected chi connectivity index (χ1v) is 5.27. The van der Waals surface area contributed by atoms with Crippen LogP contribution in [-0.4, -0.2) is 30.3 Å². The van der Waals surface area contributed by atoms with E-state index in [0.717, 1.165) is 31.5 Å². The Labute approximate surface area is 90.7 Å². The van der Waals surface area contributed by atoms with Gasteiger partial charge in [0.1, 0.15) is 5.82 Å². The van der Waals surface area contributed by atoms with Gasteiger partial charge in [-0.3, -0.25) is 0 Å². The second-order valence-corrected chi connectivity index (χ2v) is 3.65. The number of hydrogen-bond donors (Lipinski definition) is 2. The van der Waals surface area contributed by atoms with E-state index in [-0.39, 0.29) is 6.61 Å². The third kappa shape index (κ3) is 4.16. The van der Waals surface area contributed by atoms with Gasteiger partial charge in [0.2, 0.25) is 0 Å². The lowest BCUT2D eigenvalue weighted by atomic mass is 10.2. The van der Waals surface area contributed by atoms with Gasteiger partial charge in [0.25, 0.3) is 0 Å². The van der Waals surface area contributed by atoms with Crippen LogP contribution in [-0.2, 0) is 0 Å². The van der Waals surface area contributed by atoms with Crippen LogP contribution >= 0.6 is 0 Å². The Morgan fingerprint density at radius 1 is 1.33 bits per heavy atom. The molecule has 4 heteroatoms. The third-order valence-electron chi connectivity index (χ3n) is 2.36. The normalized spacial score (nSPS) is 10.3. The van der Waals surface area contributed by atoms with Crippen LogP contribution in [0.3, 0.4) is 0 Å². The second kappa shape index (κ2) is 6.24. The lowest BCUT2D eigenvalue weighted by Gasteiger charge is -2.18. The van der Waals surface area contributed by atoms with Gasteiger partial charge in [-0.15, -0.1) is 0 Å².